The number of hydrogen-bond acceptors (Lipinski definition) is 8. The van der Waals surface area contributed by atoms with Gasteiger partial charge in [0, 0.05) is 37.2 Å². The van der Waals surface area contributed by atoms with Gasteiger partial charge in [-0.1, -0.05) is 6.07 Å². The van der Waals surface area contributed by atoms with Crippen LogP contribution < -0.4 is 14.2 Å². The van der Waals surface area contributed by atoms with Crippen molar-refractivity contribution < 1.29 is 49.7 Å². The normalized spacial score (nSPS) is 20.4. The van der Waals surface area contributed by atoms with Crippen molar-refractivity contribution in [3.63, 3.8) is 0 Å². The highest BCUT2D eigenvalue weighted by molar-refractivity contribution is 5.99. The van der Waals surface area contributed by atoms with Crippen molar-refractivity contribution in [2.24, 2.45) is 0 Å². The molecule has 2 aromatic carbocycles. The van der Waals surface area contributed by atoms with Crippen LogP contribution in [0.4, 0.5) is 30.7 Å². The van der Waals surface area contributed by atoms with E-state index in [1.807, 2.05) is 4.90 Å². The molecule has 15 heteroatoms. The summed E-state index contributed by atoms with van der Waals surface area (Å²) < 4.78 is 120. The minimum absolute atomic E-state index is 0.0921. The van der Waals surface area contributed by atoms with Crippen LogP contribution in [0.15, 0.2) is 30.5 Å². The summed E-state index contributed by atoms with van der Waals surface area (Å²) in [5.41, 5.74) is -1.92. The first-order chi connectivity index (χ1) is 21.0. The lowest BCUT2D eigenvalue weighted by atomic mass is 9.95. The highest BCUT2D eigenvalue weighted by atomic mass is 19.4. The van der Waals surface area contributed by atoms with E-state index in [-0.39, 0.29) is 53.8 Å². The second-order valence-electron chi connectivity index (χ2n) is 10.7. The van der Waals surface area contributed by atoms with E-state index >= 15 is 8.78 Å². The number of hydrogen-bond donors (Lipinski definition) is 0. The molecule has 2 saturated heterocycles. The van der Waals surface area contributed by atoms with Gasteiger partial charge in [-0.2, -0.15) is 23.1 Å². The number of nitrogens with zero attached hydrogens (tertiary/aromatic N) is 4. The summed E-state index contributed by atoms with van der Waals surface area (Å²) in [5.74, 6) is -4.21. The van der Waals surface area contributed by atoms with Crippen molar-refractivity contribution >= 4 is 21.7 Å². The molecule has 0 N–H and O–H groups in total. The van der Waals surface area contributed by atoms with Crippen LogP contribution in [0.2, 0.25) is 0 Å². The monoisotopic (exact) mass is 626 g/mol. The molecule has 44 heavy (non-hydrogen) atoms. The Labute approximate surface area is 245 Å². The summed E-state index contributed by atoms with van der Waals surface area (Å²) in [6.07, 6.45) is -3.24. The second kappa shape index (κ2) is 11.5. The van der Waals surface area contributed by atoms with E-state index in [2.05, 4.69) is 15.0 Å². The maximum Gasteiger partial charge on any atom is 0.422 e. The average molecular weight is 627 g/mol. The molecule has 6 rings (SSSR count). The molecule has 2 fully saturated rings. The number of halogens is 7. The largest absolute Gasteiger partial charge is 0.468 e. The van der Waals surface area contributed by atoms with E-state index in [0.29, 0.717) is 13.0 Å². The molecule has 0 saturated carbocycles. The van der Waals surface area contributed by atoms with Crippen molar-refractivity contribution in [2.75, 3.05) is 40.2 Å². The Morgan fingerprint density at radius 3 is 2.64 bits per heavy atom. The highest BCUT2D eigenvalue weighted by Crippen LogP contribution is 2.41. The quantitative estimate of drug-likeness (QED) is 0.162. The molecule has 2 aromatic heterocycles. The third-order valence-electron chi connectivity index (χ3n) is 7.81. The first-order valence-corrected chi connectivity index (χ1v) is 13.6. The molecule has 4 heterocycles. The van der Waals surface area contributed by atoms with Gasteiger partial charge in [0.05, 0.1) is 10.9 Å². The van der Waals surface area contributed by atoms with Crippen molar-refractivity contribution in [3.8, 4) is 28.9 Å². The number of methoxy groups -OCH3 is 1. The fraction of sp³-hybridized carbons (Fsp3) is 0.414. The molecule has 0 unspecified atom stereocenters. The van der Waals surface area contributed by atoms with Gasteiger partial charge in [0.25, 0.3) is 0 Å². The summed E-state index contributed by atoms with van der Waals surface area (Å²) in [6, 6.07) is 4.28. The van der Waals surface area contributed by atoms with Gasteiger partial charge in [0.15, 0.2) is 30.9 Å². The molecule has 8 nitrogen and oxygen atoms in total. The second-order valence-corrected chi connectivity index (χ2v) is 10.7. The minimum atomic E-state index is -4.75. The highest BCUT2D eigenvalue weighted by Gasteiger charge is 2.49. The molecule has 234 valence electrons. The number of rotatable bonds is 9. The maximum atomic E-state index is 16.3. The van der Waals surface area contributed by atoms with Gasteiger partial charge in [0.1, 0.15) is 29.7 Å². The number of pyridine rings is 1. The Hall–Kier alpha value is -3.98. The first-order valence-electron chi connectivity index (χ1n) is 13.6. The van der Waals surface area contributed by atoms with Gasteiger partial charge in [-0.15, -0.1) is 0 Å². The predicted octanol–water partition coefficient (Wildman–Crippen LogP) is 6.14. The average Bonchev–Trinajstić information content (AvgIpc) is 3.51. The molecular formula is C29H25F7N4O4. The van der Waals surface area contributed by atoms with Crippen molar-refractivity contribution in [1.29, 1.82) is 0 Å². The lowest BCUT2D eigenvalue weighted by Crippen LogP contribution is -2.43. The van der Waals surface area contributed by atoms with Crippen LogP contribution in [-0.4, -0.2) is 77.9 Å². The van der Waals surface area contributed by atoms with Gasteiger partial charge in [-0.05, 0) is 43.0 Å². The van der Waals surface area contributed by atoms with Gasteiger partial charge >= 0.3 is 12.2 Å². The molecule has 0 aliphatic carbocycles. The van der Waals surface area contributed by atoms with E-state index in [0.717, 1.165) is 18.7 Å². The van der Waals surface area contributed by atoms with Gasteiger partial charge in [-0.25, -0.2) is 17.6 Å². The summed E-state index contributed by atoms with van der Waals surface area (Å²) >= 11 is 0. The summed E-state index contributed by atoms with van der Waals surface area (Å²) in [7, 11) is 1.37. The standard InChI is InChI=1S/C29H25F7N4O4/c1-41-14-44-17-7-15-3-4-20(31)22(32)21(15)18(8-17)24-23(33)25-19(10-37-24)26(42-13-29(34,35)36)39-27(38-25)43-12-28-5-2-6-40(28)11-16(30)9-28/h3-4,7-8,10,16H,2,5-6,9,11-14H2,1H3/t16-,28+/m1/s1. The van der Waals surface area contributed by atoms with Gasteiger partial charge in [0.2, 0.25) is 5.88 Å². The van der Waals surface area contributed by atoms with Gasteiger partial charge in [-0.3, -0.25) is 9.88 Å². The van der Waals surface area contributed by atoms with Crippen LogP contribution >= 0.6 is 0 Å². The van der Waals surface area contributed by atoms with Crippen molar-refractivity contribution in [2.45, 2.75) is 37.1 Å². The van der Waals surface area contributed by atoms with E-state index < -0.39 is 65.0 Å². The SMILES string of the molecule is COCOc1cc(-c2ncc3c(OCC(F)(F)F)nc(OC[C@@]45CCCN4C[C@H](F)C5)nc3c2F)c2c(F)c(F)ccc2c1. The van der Waals surface area contributed by atoms with Crippen LogP contribution in [0, 0.1) is 17.5 Å². The molecule has 2 atom stereocenters. The van der Waals surface area contributed by atoms with E-state index in [9.17, 15) is 22.0 Å². The van der Waals surface area contributed by atoms with Crippen molar-refractivity contribution in [1.82, 2.24) is 19.9 Å². The molecule has 0 radical (unpaired) electrons. The smallest absolute Gasteiger partial charge is 0.422 e. The Morgan fingerprint density at radius 2 is 1.86 bits per heavy atom. The topological polar surface area (TPSA) is 78.8 Å². The molecule has 2 aliphatic heterocycles. The van der Waals surface area contributed by atoms with Crippen LogP contribution in [0.1, 0.15) is 19.3 Å². The van der Waals surface area contributed by atoms with E-state index in [1.165, 1.54) is 25.3 Å². The van der Waals surface area contributed by atoms with Crippen LogP contribution in [0.25, 0.3) is 32.9 Å². The summed E-state index contributed by atoms with van der Waals surface area (Å²) in [4.78, 5) is 14.0. The number of alkyl halides is 4. The van der Waals surface area contributed by atoms with E-state index in [4.69, 9.17) is 18.9 Å². The Bertz CT molecular complexity index is 1720. The predicted molar refractivity (Wildman–Crippen MR) is 143 cm³/mol. The number of benzene rings is 2. The minimum Gasteiger partial charge on any atom is -0.468 e. The fourth-order valence-corrected chi connectivity index (χ4v) is 5.94. The van der Waals surface area contributed by atoms with Crippen LogP contribution in [0.5, 0.6) is 17.6 Å². The first kappa shape index (κ1) is 30.1. The molecule has 4 aromatic rings. The Morgan fingerprint density at radius 1 is 1.05 bits per heavy atom. The zero-order valence-corrected chi connectivity index (χ0v) is 23.2. The number of aromatic nitrogens is 3. The Kier molecular flexibility index (Phi) is 7.86. The molecule has 0 bridgehead atoms. The van der Waals surface area contributed by atoms with Crippen molar-refractivity contribution in [3.05, 3.63) is 47.9 Å². The summed E-state index contributed by atoms with van der Waals surface area (Å²) in [5, 5.41) is -0.490. The Balaban J connectivity index is 1.47. The molecule has 2 aliphatic rings. The zero-order chi connectivity index (χ0) is 31.2. The zero-order valence-electron chi connectivity index (χ0n) is 23.2. The lowest BCUT2D eigenvalue weighted by molar-refractivity contribution is -0.153. The maximum absolute atomic E-state index is 16.3. The molecule has 0 spiro atoms. The summed E-state index contributed by atoms with van der Waals surface area (Å²) in [6.45, 7) is -1.17. The molecule has 0 amide bonds. The molecular weight excluding hydrogens is 601 g/mol. The third-order valence-corrected chi connectivity index (χ3v) is 7.81. The third kappa shape index (κ3) is 5.65. The van der Waals surface area contributed by atoms with Crippen LogP contribution in [-0.2, 0) is 4.74 Å². The van der Waals surface area contributed by atoms with Crippen LogP contribution in [0.3, 0.4) is 0 Å². The fourth-order valence-electron chi connectivity index (χ4n) is 5.94. The number of fused-ring (bicyclic) bond motifs is 3. The van der Waals surface area contributed by atoms with Gasteiger partial charge < -0.3 is 18.9 Å². The lowest BCUT2D eigenvalue weighted by Gasteiger charge is -2.30. The number of ether oxygens (including phenoxy) is 4. The van der Waals surface area contributed by atoms with E-state index in [1.54, 1.807) is 0 Å².